The Balaban J connectivity index is 2.08. The molecule has 0 aromatic heterocycles. The van der Waals surface area contributed by atoms with Gasteiger partial charge < -0.3 is 29.6 Å². The molecule has 37 heavy (non-hydrogen) atoms. The van der Waals surface area contributed by atoms with Crippen molar-refractivity contribution in [2.45, 2.75) is 18.2 Å². The zero-order valence-corrected chi connectivity index (χ0v) is 23.0. The number of carbonyl (C=O) groups is 1. The molecule has 2 rings (SSSR count). The van der Waals surface area contributed by atoms with Crippen LogP contribution < -0.4 is 29.6 Å². The molecule has 202 valence electrons. The zero-order chi connectivity index (χ0) is 27.3. The van der Waals surface area contributed by atoms with Crippen LogP contribution in [0.5, 0.6) is 17.2 Å². The Morgan fingerprint density at radius 2 is 1.78 bits per heavy atom. The number of hydrogen-bond acceptors (Lipinski definition) is 8. The van der Waals surface area contributed by atoms with Crippen molar-refractivity contribution in [2.24, 2.45) is 0 Å². The van der Waals surface area contributed by atoms with Crippen molar-refractivity contribution >= 4 is 39.3 Å². The molecule has 12 heteroatoms. The first kappa shape index (κ1) is 29.9. The second-order valence-corrected chi connectivity index (χ2v) is 9.63. The summed E-state index contributed by atoms with van der Waals surface area (Å²) in [5, 5.41) is 5.53. The lowest BCUT2D eigenvalue weighted by Gasteiger charge is -2.15. The van der Waals surface area contributed by atoms with Gasteiger partial charge in [-0.15, -0.1) is 0 Å². The van der Waals surface area contributed by atoms with Crippen molar-refractivity contribution in [3.05, 3.63) is 53.6 Å². The van der Waals surface area contributed by atoms with Gasteiger partial charge in [0.2, 0.25) is 5.91 Å². The summed E-state index contributed by atoms with van der Waals surface area (Å²) in [7, 11) is 0.624. The smallest absolute Gasteiger partial charge is 0.267 e. The molecule has 0 heterocycles. The van der Waals surface area contributed by atoms with Crippen LogP contribution in [0.25, 0.3) is 6.08 Å². The van der Waals surface area contributed by atoms with Crippen LogP contribution in [-0.4, -0.2) is 67.1 Å². The SMILES string of the molecule is CCNC(=S)NS(=O)(=O)c1cc(CCNC(=O)C=Cc2ccc(OC)cc2OC)ccc1OCCOC. The Bertz CT molecular complexity index is 1200. The fourth-order valence-electron chi connectivity index (χ4n) is 3.16. The van der Waals surface area contributed by atoms with E-state index in [4.69, 9.17) is 31.2 Å². The van der Waals surface area contributed by atoms with Gasteiger partial charge in [0, 0.05) is 37.9 Å². The molecule has 3 N–H and O–H groups in total. The molecule has 0 atom stereocenters. The van der Waals surface area contributed by atoms with Crippen LogP contribution in [0.1, 0.15) is 18.1 Å². The number of carbonyl (C=O) groups excluding carboxylic acids is 1. The zero-order valence-electron chi connectivity index (χ0n) is 21.3. The minimum Gasteiger partial charge on any atom is -0.497 e. The van der Waals surface area contributed by atoms with Crippen molar-refractivity contribution in [3.8, 4) is 17.2 Å². The fraction of sp³-hybridized carbons (Fsp3) is 0.360. The Hall–Kier alpha value is -3.35. The van der Waals surface area contributed by atoms with Gasteiger partial charge in [-0.1, -0.05) is 6.07 Å². The van der Waals surface area contributed by atoms with E-state index in [-0.39, 0.29) is 34.8 Å². The summed E-state index contributed by atoms with van der Waals surface area (Å²) in [5.74, 6) is 1.09. The highest BCUT2D eigenvalue weighted by Gasteiger charge is 2.22. The standard InChI is InChI=1S/C25H33N3O7S2/c1-5-26-25(36)28-37(30,31)23-16-18(6-10-21(23)35-15-14-32-2)12-13-27-24(29)11-8-19-7-9-20(33-3)17-22(19)34-4/h6-11,16-17H,5,12-15H2,1-4H3,(H,27,29)(H2,26,28,36). The Morgan fingerprint density at radius 3 is 2.46 bits per heavy atom. The van der Waals surface area contributed by atoms with Crippen molar-refractivity contribution in [2.75, 3.05) is 47.6 Å². The third-order valence-electron chi connectivity index (χ3n) is 4.97. The summed E-state index contributed by atoms with van der Waals surface area (Å²) >= 11 is 5.04. The van der Waals surface area contributed by atoms with Crippen LogP contribution in [0.2, 0.25) is 0 Å². The van der Waals surface area contributed by atoms with Gasteiger partial charge in [0.05, 0.1) is 20.8 Å². The van der Waals surface area contributed by atoms with E-state index in [9.17, 15) is 13.2 Å². The number of hydrogen-bond donors (Lipinski definition) is 3. The number of amides is 1. The maximum absolute atomic E-state index is 13.0. The number of nitrogens with one attached hydrogen (secondary N) is 3. The van der Waals surface area contributed by atoms with Gasteiger partial charge in [0.25, 0.3) is 10.0 Å². The number of thiocarbonyl (C=S) groups is 1. The lowest BCUT2D eigenvalue weighted by atomic mass is 10.1. The van der Waals surface area contributed by atoms with Gasteiger partial charge >= 0.3 is 0 Å². The van der Waals surface area contributed by atoms with E-state index in [0.29, 0.717) is 36.6 Å². The molecular formula is C25H33N3O7S2. The van der Waals surface area contributed by atoms with Crippen molar-refractivity contribution in [1.82, 2.24) is 15.4 Å². The van der Waals surface area contributed by atoms with E-state index < -0.39 is 10.0 Å². The average molecular weight is 552 g/mol. The molecule has 2 aromatic rings. The summed E-state index contributed by atoms with van der Waals surface area (Å²) in [6.07, 6.45) is 3.44. The molecule has 1 amide bonds. The first-order chi connectivity index (χ1) is 17.7. The van der Waals surface area contributed by atoms with E-state index in [1.165, 1.54) is 26.4 Å². The van der Waals surface area contributed by atoms with Crippen LogP contribution in [0.4, 0.5) is 0 Å². The summed E-state index contributed by atoms with van der Waals surface area (Å²) in [6.45, 7) is 3.04. The van der Waals surface area contributed by atoms with E-state index in [1.54, 1.807) is 50.4 Å². The Morgan fingerprint density at radius 1 is 1.00 bits per heavy atom. The van der Waals surface area contributed by atoms with E-state index in [0.717, 1.165) is 5.56 Å². The summed E-state index contributed by atoms with van der Waals surface area (Å²) < 4.78 is 49.4. The maximum Gasteiger partial charge on any atom is 0.267 e. The summed E-state index contributed by atoms with van der Waals surface area (Å²) in [4.78, 5) is 12.3. The normalized spacial score (nSPS) is 11.1. The molecule has 0 aliphatic rings. The number of benzene rings is 2. The van der Waals surface area contributed by atoms with Gasteiger partial charge in [-0.3, -0.25) is 9.52 Å². The lowest BCUT2D eigenvalue weighted by molar-refractivity contribution is -0.116. The maximum atomic E-state index is 13.0. The van der Waals surface area contributed by atoms with E-state index in [1.807, 2.05) is 0 Å². The molecular weight excluding hydrogens is 518 g/mol. The molecule has 0 fully saturated rings. The molecule has 0 spiro atoms. The third kappa shape index (κ3) is 9.56. The van der Waals surface area contributed by atoms with E-state index in [2.05, 4.69) is 15.4 Å². The molecule has 0 radical (unpaired) electrons. The van der Waals surface area contributed by atoms with Crippen LogP contribution in [-0.2, 0) is 26.0 Å². The predicted molar refractivity (Wildman–Crippen MR) is 146 cm³/mol. The van der Waals surface area contributed by atoms with Crippen molar-refractivity contribution in [1.29, 1.82) is 0 Å². The highest BCUT2D eigenvalue weighted by Crippen LogP contribution is 2.26. The first-order valence-electron chi connectivity index (χ1n) is 11.5. The molecule has 0 aliphatic heterocycles. The Kier molecular flexibility index (Phi) is 12.1. The lowest BCUT2D eigenvalue weighted by Crippen LogP contribution is -2.39. The topological polar surface area (TPSA) is 124 Å². The minimum atomic E-state index is -4.00. The molecule has 0 bridgehead atoms. The van der Waals surface area contributed by atoms with Gasteiger partial charge in [-0.05, 0) is 61.5 Å². The highest BCUT2D eigenvalue weighted by atomic mass is 32.2. The third-order valence-corrected chi connectivity index (χ3v) is 6.72. The van der Waals surface area contributed by atoms with Gasteiger partial charge in [0.15, 0.2) is 5.11 Å². The van der Waals surface area contributed by atoms with Crippen molar-refractivity contribution < 1.29 is 32.2 Å². The second kappa shape index (κ2) is 15.0. The largest absolute Gasteiger partial charge is 0.497 e. The van der Waals surface area contributed by atoms with Crippen molar-refractivity contribution in [3.63, 3.8) is 0 Å². The van der Waals surface area contributed by atoms with Crippen LogP contribution in [0.15, 0.2) is 47.4 Å². The number of ether oxygens (including phenoxy) is 4. The number of sulfonamides is 1. The van der Waals surface area contributed by atoms with Gasteiger partial charge in [0.1, 0.15) is 28.8 Å². The molecule has 0 unspecified atom stereocenters. The van der Waals surface area contributed by atoms with Gasteiger partial charge in [-0.25, -0.2) is 8.42 Å². The number of methoxy groups -OCH3 is 3. The molecule has 0 saturated heterocycles. The van der Waals surface area contributed by atoms with E-state index >= 15 is 0 Å². The summed E-state index contributed by atoms with van der Waals surface area (Å²) in [5.41, 5.74) is 1.41. The average Bonchev–Trinajstić information content (AvgIpc) is 2.87. The first-order valence-corrected chi connectivity index (χ1v) is 13.4. The van der Waals surface area contributed by atoms with Crippen LogP contribution in [0, 0.1) is 0 Å². The van der Waals surface area contributed by atoms with Crippen LogP contribution >= 0.6 is 12.2 Å². The molecule has 10 nitrogen and oxygen atoms in total. The fourth-order valence-corrected chi connectivity index (χ4v) is 4.75. The highest BCUT2D eigenvalue weighted by molar-refractivity contribution is 7.92. The quantitative estimate of drug-likeness (QED) is 0.184. The number of rotatable bonds is 14. The van der Waals surface area contributed by atoms with Gasteiger partial charge in [-0.2, -0.15) is 0 Å². The molecule has 2 aromatic carbocycles. The second-order valence-electron chi connectivity index (χ2n) is 7.57. The minimum absolute atomic E-state index is 0.0108. The molecule has 0 saturated carbocycles. The Labute approximate surface area is 223 Å². The molecule has 0 aliphatic carbocycles. The predicted octanol–water partition coefficient (Wildman–Crippen LogP) is 2.27. The van der Waals surface area contributed by atoms with Crippen LogP contribution in [0.3, 0.4) is 0 Å². The summed E-state index contributed by atoms with van der Waals surface area (Å²) in [6, 6.07) is 10.1. The monoisotopic (exact) mass is 551 g/mol.